The first-order valence-electron chi connectivity index (χ1n) is 10.4. The predicted octanol–water partition coefficient (Wildman–Crippen LogP) is 3.62. The van der Waals surface area contributed by atoms with E-state index < -0.39 is 23.5 Å². The quantitative estimate of drug-likeness (QED) is 0.434. The highest BCUT2D eigenvalue weighted by molar-refractivity contribution is 6.03. The van der Waals surface area contributed by atoms with Gasteiger partial charge in [0.05, 0.1) is 19.1 Å². The van der Waals surface area contributed by atoms with Crippen molar-refractivity contribution >= 4 is 11.6 Å². The van der Waals surface area contributed by atoms with Gasteiger partial charge in [-0.3, -0.25) is 4.79 Å². The van der Waals surface area contributed by atoms with Crippen molar-refractivity contribution in [2.75, 3.05) is 7.11 Å². The number of amides is 1. The summed E-state index contributed by atoms with van der Waals surface area (Å²) in [5.74, 6) is -0.430. The van der Waals surface area contributed by atoms with E-state index in [1.807, 2.05) is 24.3 Å². The highest BCUT2D eigenvalue weighted by atomic mass is 19.1. The van der Waals surface area contributed by atoms with E-state index in [2.05, 4.69) is 10.2 Å². The van der Waals surface area contributed by atoms with E-state index >= 15 is 0 Å². The van der Waals surface area contributed by atoms with Gasteiger partial charge < -0.3 is 13.6 Å². The second kappa shape index (κ2) is 8.81. The largest absolute Gasteiger partial charge is 0.497 e. The van der Waals surface area contributed by atoms with Gasteiger partial charge >= 0.3 is 5.76 Å². The van der Waals surface area contributed by atoms with Gasteiger partial charge in [0, 0.05) is 12.0 Å². The number of furan rings is 1. The maximum atomic E-state index is 13.2. The molecule has 0 radical (unpaired) electrons. The molecule has 1 aliphatic rings. The Morgan fingerprint density at radius 2 is 1.85 bits per heavy atom. The van der Waals surface area contributed by atoms with E-state index in [1.54, 1.807) is 19.2 Å². The van der Waals surface area contributed by atoms with Gasteiger partial charge in [-0.15, -0.1) is 5.10 Å². The molecule has 0 saturated carbocycles. The zero-order chi connectivity index (χ0) is 23.7. The molecule has 1 atom stereocenters. The molecular weight excluding hydrogens is 443 g/mol. The summed E-state index contributed by atoms with van der Waals surface area (Å²) >= 11 is 0. The van der Waals surface area contributed by atoms with Crippen molar-refractivity contribution in [2.45, 2.75) is 19.0 Å². The molecule has 9 nitrogen and oxygen atoms in total. The summed E-state index contributed by atoms with van der Waals surface area (Å²) < 4.78 is 30.0. The normalized spacial score (nSPS) is 15.4. The molecule has 0 aliphatic carbocycles. The van der Waals surface area contributed by atoms with E-state index in [1.165, 1.54) is 35.5 Å². The molecule has 34 heavy (non-hydrogen) atoms. The molecule has 0 N–H and O–H groups in total. The molecule has 0 bridgehead atoms. The average Bonchev–Trinajstić information content (AvgIpc) is 3.60. The van der Waals surface area contributed by atoms with Gasteiger partial charge in [0.25, 0.3) is 5.91 Å². The van der Waals surface area contributed by atoms with Gasteiger partial charge in [0.2, 0.25) is 5.89 Å². The van der Waals surface area contributed by atoms with Crippen LogP contribution in [0.4, 0.5) is 4.39 Å². The van der Waals surface area contributed by atoms with E-state index in [4.69, 9.17) is 13.6 Å². The minimum absolute atomic E-state index is 0.00997. The Balaban J connectivity index is 1.42. The molecule has 1 amide bonds. The minimum atomic E-state index is -0.805. The number of hydrazone groups is 1. The number of hydrogen-bond donors (Lipinski definition) is 0. The highest BCUT2D eigenvalue weighted by Gasteiger charge is 2.35. The van der Waals surface area contributed by atoms with Crippen LogP contribution in [-0.4, -0.2) is 33.5 Å². The van der Waals surface area contributed by atoms with Crippen molar-refractivity contribution in [1.82, 2.24) is 14.8 Å². The molecule has 0 unspecified atom stereocenters. The van der Waals surface area contributed by atoms with E-state index in [0.717, 1.165) is 10.2 Å². The third-order valence-corrected chi connectivity index (χ3v) is 5.44. The summed E-state index contributed by atoms with van der Waals surface area (Å²) in [6.45, 7) is -0.389. The van der Waals surface area contributed by atoms with E-state index in [-0.39, 0.29) is 12.4 Å². The zero-order valence-corrected chi connectivity index (χ0v) is 18.1. The summed E-state index contributed by atoms with van der Waals surface area (Å²) in [4.78, 5) is 25.5. The first-order valence-corrected chi connectivity index (χ1v) is 10.4. The Hall–Kier alpha value is -4.47. The molecule has 1 aliphatic heterocycles. The fourth-order valence-corrected chi connectivity index (χ4v) is 3.72. The molecule has 172 valence electrons. The Labute approximate surface area is 192 Å². The van der Waals surface area contributed by atoms with Crippen molar-refractivity contribution < 1.29 is 22.8 Å². The number of ether oxygens (including phenoxy) is 1. The number of halogens is 1. The molecule has 0 fully saturated rings. The Morgan fingerprint density at radius 1 is 1.12 bits per heavy atom. The second-order valence-corrected chi connectivity index (χ2v) is 7.59. The summed E-state index contributed by atoms with van der Waals surface area (Å²) in [6, 6.07) is 15.7. The van der Waals surface area contributed by atoms with Crippen molar-refractivity contribution in [3.05, 3.63) is 94.6 Å². The number of nitrogens with zero attached hydrogens (tertiary/aromatic N) is 4. The van der Waals surface area contributed by atoms with Crippen LogP contribution in [0.1, 0.15) is 23.8 Å². The number of aromatic nitrogens is 2. The molecule has 3 heterocycles. The maximum absolute atomic E-state index is 13.2. The van der Waals surface area contributed by atoms with Crippen molar-refractivity contribution in [2.24, 2.45) is 5.10 Å². The average molecular weight is 462 g/mol. The molecular formula is C24H19FN4O5. The lowest BCUT2D eigenvalue weighted by molar-refractivity contribution is -0.134. The number of rotatable bonds is 6. The van der Waals surface area contributed by atoms with Gasteiger partial charge in [0.15, 0.2) is 0 Å². The van der Waals surface area contributed by atoms with Crippen LogP contribution in [0.25, 0.3) is 11.5 Å². The molecule has 0 spiro atoms. The van der Waals surface area contributed by atoms with Gasteiger partial charge in [-0.2, -0.15) is 9.78 Å². The Bertz CT molecular complexity index is 1390. The van der Waals surface area contributed by atoms with Gasteiger partial charge in [-0.1, -0.05) is 0 Å². The number of hydrogen-bond acceptors (Lipinski definition) is 7. The Kier molecular flexibility index (Phi) is 5.54. The molecule has 0 saturated heterocycles. The van der Waals surface area contributed by atoms with E-state index in [9.17, 15) is 14.0 Å². The molecule has 2 aromatic carbocycles. The molecule has 2 aromatic heterocycles. The number of benzene rings is 2. The van der Waals surface area contributed by atoms with Crippen LogP contribution in [0.5, 0.6) is 5.75 Å². The SMILES string of the molecule is COc1ccc(C2=NN(C(=O)Cn3nc(-c4ccc(F)cc4)oc3=O)[C@@H](c3ccco3)C2)cc1. The summed E-state index contributed by atoms with van der Waals surface area (Å²) in [5.41, 5.74) is 1.95. The highest BCUT2D eigenvalue weighted by Crippen LogP contribution is 2.33. The minimum Gasteiger partial charge on any atom is -0.497 e. The first kappa shape index (κ1) is 21.4. The van der Waals surface area contributed by atoms with Crippen LogP contribution in [0.15, 0.2) is 85.7 Å². The lowest BCUT2D eigenvalue weighted by atomic mass is 10.0. The van der Waals surface area contributed by atoms with E-state index in [0.29, 0.717) is 29.2 Å². The van der Waals surface area contributed by atoms with Gasteiger partial charge in [-0.05, 0) is 66.2 Å². The van der Waals surface area contributed by atoms with Crippen molar-refractivity contribution in [3.8, 4) is 17.2 Å². The fourth-order valence-electron chi connectivity index (χ4n) is 3.72. The monoisotopic (exact) mass is 462 g/mol. The molecule has 5 rings (SSSR count). The standard InChI is InChI=1S/C24H19FN4O5/c1-32-18-10-6-15(7-11-18)19-13-20(21-3-2-12-33-21)29(26-19)22(30)14-28-24(31)34-23(27-28)16-4-8-17(25)9-5-16/h2-12,20H,13-14H2,1H3/t20-/m1/s1. The number of carbonyl (C=O) groups excluding carboxylic acids is 1. The molecule has 4 aromatic rings. The third kappa shape index (κ3) is 4.13. The summed E-state index contributed by atoms with van der Waals surface area (Å²) in [5, 5.41) is 9.93. The van der Waals surface area contributed by atoms with Crippen molar-refractivity contribution in [3.63, 3.8) is 0 Å². The van der Waals surface area contributed by atoms with Crippen LogP contribution in [-0.2, 0) is 11.3 Å². The first-order chi connectivity index (χ1) is 16.5. The van der Waals surface area contributed by atoms with Crippen LogP contribution in [0.2, 0.25) is 0 Å². The van der Waals surface area contributed by atoms with Gasteiger partial charge in [0.1, 0.15) is 29.9 Å². The maximum Gasteiger partial charge on any atom is 0.437 e. The van der Waals surface area contributed by atoms with Crippen LogP contribution >= 0.6 is 0 Å². The predicted molar refractivity (Wildman–Crippen MR) is 119 cm³/mol. The Morgan fingerprint density at radius 3 is 2.53 bits per heavy atom. The number of methoxy groups -OCH3 is 1. The fraction of sp³-hybridized carbons (Fsp3) is 0.167. The van der Waals surface area contributed by atoms with Crippen LogP contribution in [0.3, 0.4) is 0 Å². The van der Waals surface area contributed by atoms with Crippen LogP contribution < -0.4 is 10.5 Å². The number of carbonyl (C=O) groups is 1. The van der Waals surface area contributed by atoms with Crippen molar-refractivity contribution in [1.29, 1.82) is 0 Å². The summed E-state index contributed by atoms with van der Waals surface area (Å²) in [7, 11) is 1.59. The topological polar surface area (TPSA) is 103 Å². The second-order valence-electron chi connectivity index (χ2n) is 7.59. The van der Waals surface area contributed by atoms with Gasteiger partial charge in [-0.25, -0.2) is 14.2 Å². The smallest absolute Gasteiger partial charge is 0.437 e. The van der Waals surface area contributed by atoms with Crippen LogP contribution in [0, 0.1) is 5.82 Å². The summed E-state index contributed by atoms with van der Waals surface area (Å²) in [6.07, 6.45) is 1.96. The molecule has 10 heteroatoms. The third-order valence-electron chi connectivity index (χ3n) is 5.44. The lowest BCUT2D eigenvalue weighted by Gasteiger charge is -2.19. The zero-order valence-electron chi connectivity index (χ0n) is 18.1. The lowest BCUT2D eigenvalue weighted by Crippen LogP contribution is -2.33.